The van der Waals surface area contributed by atoms with E-state index in [1.807, 2.05) is 67.6 Å². The number of nitrogens with one attached hydrogen (secondary N) is 3. The monoisotopic (exact) mass is 600 g/mol. The molecule has 1 saturated heterocycles. The van der Waals surface area contributed by atoms with Crippen LogP contribution in [0.3, 0.4) is 0 Å². The molecule has 222 valence electrons. The van der Waals surface area contributed by atoms with E-state index in [9.17, 15) is 19.0 Å². The summed E-state index contributed by atoms with van der Waals surface area (Å²) in [6.45, 7) is 4.08. The fraction of sp³-hybridized carbons (Fsp3) is 0.387. The highest BCUT2D eigenvalue weighted by Crippen LogP contribution is 2.50. The first-order chi connectivity index (χ1) is 19.7. The maximum atomic E-state index is 13.6. The normalized spacial score (nSPS) is 17.0. The summed E-state index contributed by atoms with van der Waals surface area (Å²) in [5, 5.41) is 21.5. The minimum Gasteiger partial charge on any atom is -0.390 e. The van der Waals surface area contributed by atoms with E-state index in [0.29, 0.717) is 54.6 Å². The van der Waals surface area contributed by atoms with Crippen molar-refractivity contribution >= 4 is 39.7 Å². The quantitative estimate of drug-likeness (QED) is 0.142. The van der Waals surface area contributed by atoms with Gasteiger partial charge in [-0.05, 0) is 80.6 Å². The smallest absolute Gasteiger partial charge is 0.251 e. The fourth-order valence-electron chi connectivity index (χ4n) is 5.02. The first-order valence-electron chi connectivity index (χ1n) is 14.2. The molecule has 1 heterocycles. The zero-order valence-corrected chi connectivity index (χ0v) is 25.0. The van der Waals surface area contributed by atoms with Gasteiger partial charge in [0.1, 0.15) is 0 Å². The van der Waals surface area contributed by atoms with E-state index in [1.54, 1.807) is 16.4 Å². The molecule has 0 saturated carbocycles. The molecule has 0 radical (unpaired) electrons. The van der Waals surface area contributed by atoms with Crippen molar-refractivity contribution in [3.05, 3.63) is 94.5 Å². The second kappa shape index (κ2) is 14.9. The summed E-state index contributed by atoms with van der Waals surface area (Å²) in [6.07, 6.45) is 1.97. The molecule has 1 fully saturated rings. The van der Waals surface area contributed by atoms with Gasteiger partial charge in [0.15, 0.2) is 0 Å². The number of halogens is 1. The summed E-state index contributed by atoms with van der Waals surface area (Å²) in [5.41, 5.74) is 3.81. The summed E-state index contributed by atoms with van der Waals surface area (Å²) < 4.78 is 23.0. The van der Waals surface area contributed by atoms with Crippen molar-refractivity contribution in [3.8, 4) is 0 Å². The highest BCUT2D eigenvalue weighted by Gasteiger charge is 2.28. The molecule has 41 heavy (non-hydrogen) atoms. The number of aliphatic hydroxyl groups excluding tert-OH is 1. The lowest BCUT2D eigenvalue weighted by atomic mass is 10.00. The Balaban J connectivity index is 1.49. The van der Waals surface area contributed by atoms with Crippen LogP contribution in [-0.4, -0.2) is 64.2 Å². The molecule has 6 N–H and O–H groups in total. The standard InChI is InChI=1S/C31H41ClN4O4S/c1-2-34-27-19-25(20-28(21-27)36-15-6-7-16-41(36,39)40)31(38)35-29(18-23-9-4-3-5-10-23)30(37)22-33-14-13-24-11-8-12-26(32)17-24/h3-5,8-12,17,19-21,29-30,33-34,37,39-40H,2,6-7,13-16,18,22H2,1H3,(H,35,38). The summed E-state index contributed by atoms with van der Waals surface area (Å²) >= 11 is 6.09. The molecule has 1 amide bonds. The fourth-order valence-corrected chi connectivity index (χ4v) is 6.91. The van der Waals surface area contributed by atoms with Gasteiger partial charge in [-0.2, -0.15) is 0 Å². The highest BCUT2D eigenvalue weighted by molar-refractivity contribution is 8.25. The number of rotatable bonds is 13. The van der Waals surface area contributed by atoms with Crippen LogP contribution in [0.15, 0.2) is 72.8 Å². The zero-order chi connectivity index (χ0) is 29.2. The van der Waals surface area contributed by atoms with Crippen molar-refractivity contribution in [2.24, 2.45) is 0 Å². The van der Waals surface area contributed by atoms with Crippen molar-refractivity contribution in [1.82, 2.24) is 10.6 Å². The Hall–Kier alpha value is -2.79. The molecule has 3 aromatic rings. The minimum absolute atomic E-state index is 0.301. The lowest BCUT2D eigenvalue weighted by molar-refractivity contribution is 0.0831. The number of hydrogen-bond donors (Lipinski definition) is 6. The van der Waals surface area contributed by atoms with E-state index >= 15 is 0 Å². The maximum Gasteiger partial charge on any atom is 0.251 e. The maximum absolute atomic E-state index is 13.6. The van der Waals surface area contributed by atoms with E-state index in [0.717, 1.165) is 36.1 Å². The average Bonchev–Trinajstić information content (AvgIpc) is 2.95. The summed E-state index contributed by atoms with van der Waals surface area (Å²) in [6, 6.07) is 22.2. The lowest BCUT2D eigenvalue weighted by Crippen LogP contribution is -2.49. The second-order valence-electron chi connectivity index (χ2n) is 10.4. The zero-order valence-electron chi connectivity index (χ0n) is 23.4. The van der Waals surface area contributed by atoms with Gasteiger partial charge >= 0.3 is 0 Å². The van der Waals surface area contributed by atoms with Crippen LogP contribution in [0.5, 0.6) is 0 Å². The SMILES string of the molecule is CCNc1cc(C(=O)NC(Cc2ccccc2)C(O)CNCCc2cccc(Cl)c2)cc(N2CCCCS2(O)O)c1. The highest BCUT2D eigenvalue weighted by atomic mass is 35.5. The summed E-state index contributed by atoms with van der Waals surface area (Å²) in [5.74, 6) is -0.0197. The molecule has 4 rings (SSSR count). The molecule has 0 aliphatic carbocycles. The van der Waals surface area contributed by atoms with E-state index in [1.165, 1.54) is 0 Å². The number of anilines is 2. The van der Waals surface area contributed by atoms with Gasteiger partial charge in [0, 0.05) is 35.9 Å². The van der Waals surface area contributed by atoms with Gasteiger partial charge < -0.3 is 21.1 Å². The van der Waals surface area contributed by atoms with Crippen LogP contribution in [0.2, 0.25) is 5.02 Å². The van der Waals surface area contributed by atoms with Crippen LogP contribution in [0.4, 0.5) is 11.4 Å². The molecular formula is C31H41ClN4O4S. The third-order valence-corrected chi connectivity index (χ3v) is 9.31. The number of nitrogens with zero attached hydrogens (tertiary/aromatic N) is 1. The first kappa shape index (κ1) is 31.2. The van der Waals surface area contributed by atoms with E-state index < -0.39 is 22.9 Å². The van der Waals surface area contributed by atoms with Gasteiger partial charge in [0.05, 0.1) is 23.6 Å². The largest absolute Gasteiger partial charge is 0.390 e. The van der Waals surface area contributed by atoms with Crippen molar-refractivity contribution in [2.45, 2.75) is 44.8 Å². The van der Waals surface area contributed by atoms with Crippen LogP contribution in [0, 0.1) is 0 Å². The number of hydrogen-bond acceptors (Lipinski definition) is 7. The van der Waals surface area contributed by atoms with E-state index in [4.69, 9.17) is 11.6 Å². The summed E-state index contributed by atoms with van der Waals surface area (Å²) in [4.78, 5) is 13.6. The van der Waals surface area contributed by atoms with Crippen LogP contribution in [0.1, 0.15) is 41.3 Å². The molecule has 3 aromatic carbocycles. The predicted molar refractivity (Wildman–Crippen MR) is 170 cm³/mol. The van der Waals surface area contributed by atoms with Gasteiger partial charge in [-0.15, -0.1) is 10.8 Å². The molecule has 0 aromatic heterocycles. The minimum atomic E-state index is -2.95. The predicted octanol–water partition coefficient (Wildman–Crippen LogP) is 5.57. The van der Waals surface area contributed by atoms with Gasteiger partial charge in [-0.3, -0.25) is 18.2 Å². The van der Waals surface area contributed by atoms with Gasteiger partial charge in [0.2, 0.25) is 0 Å². The molecular weight excluding hydrogens is 560 g/mol. The Bertz CT molecular complexity index is 1280. The van der Waals surface area contributed by atoms with Crippen LogP contribution < -0.4 is 20.3 Å². The number of carbonyl (C=O) groups excluding carboxylic acids is 1. The lowest BCUT2D eigenvalue weighted by Gasteiger charge is -2.47. The number of aliphatic hydroxyl groups is 1. The Labute approximate surface area is 249 Å². The molecule has 2 unspecified atom stereocenters. The Morgan fingerprint density at radius 2 is 1.80 bits per heavy atom. The molecule has 1 aliphatic heterocycles. The number of benzene rings is 3. The third-order valence-electron chi connectivity index (χ3n) is 7.14. The van der Waals surface area contributed by atoms with Crippen molar-refractivity contribution < 1.29 is 19.0 Å². The van der Waals surface area contributed by atoms with Gasteiger partial charge in [-0.1, -0.05) is 54.1 Å². The molecule has 0 bridgehead atoms. The van der Waals surface area contributed by atoms with Crippen LogP contribution in [-0.2, 0) is 12.8 Å². The topological polar surface area (TPSA) is 117 Å². The molecule has 0 spiro atoms. The number of carbonyl (C=O) groups is 1. The van der Waals surface area contributed by atoms with Crippen molar-refractivity contribution in [2.75, 3.05) is 41.6 Å². The molecule has 10 heteroatoms. The Morgan fingerprint density at radius 3 is 2.54 bits per heavy atom. The Morgan fingerprint density at radius 1 is 1.02 bits per heavy atom. The molecule has 8 nitrogen and oxygen atoms in total. The van der Waals surface area contributed by atoms with E-state index in [2.05, 4.69) is 16.0 Å². The van der Waals surface area contributed by atoms with Crippen LogP contribution >= 0.6 is 22.4 Å². The Kier molecular flexibility index (Phi) is 11.3. The molecule has 1 aliphatic rings. The van der Waals surface area contributed by atoms with Crippen molar-refractivity contribution in [1.29, 1.82) is 0 Å². The van der Waals surface area contributed by atoms with Crippen molar-refractivity contribution in [3.63, 3.8) is 0 Å². The van der Waals surface area contributed by atoms with Gasteiger partial charge in [0.25, 0.3) is 5.91 Å². The number of amides is 1. The van der Waals surface area contributed by atoms with Crippen LogP contribution in [0.25, 0.3) is 0 Å². The molecule has 2 atom stereocenters. The first-order valence-corrected chi connectivity index (χ1v) is 16.2. The van der Waals surface area contributed by atoms with Gasteiger partial charge in [-0.25, -0.2) is 0 Å². The van der Waals surface area contributed by atoms with E-state index in [-0.39, 0.29) is 5.91 Å². The second-order valence-corrected chi connectivity index (χ2v) is 12.9. The third kappa shape index (κ3) is 9.10. The summed E-state index contributed by atoms with van der Waals surface area (Å²) in [7, 11) is -2.95. The average molecular weight is 601 g/mol.